The molecule has 1 aliphatic rings. The Morgan fingerprint density at radius 2 is 1.93 bits per heavy atom. The first-order valence-electron chi connectivity index (χ1n) is 9.00. The Hall–Kier alpha value is -2.62. The van der Waals surface area contributed by atoms with Crippen molar-refractivity contribution >= 4 is 61.5 Å². The van der Waals surface area contributed by atoms with E-state index < -0.39 is 10.8 Å². The van der Waals surface area contributed by atoms with Crippen molar-refractivity contribution in [1.29, 1.82) is 0 Å². The Bertz CT molecular complexity index is 1150. The third kappa shape index (κ3) is 3.76. The second-order valence-corrected chi connectivity index (χ2v) is 8.44. The SMILES string of the molecule is COc1ccc(Cl)c2sc(N3CCN(C(=O)c4cc(Cl)ccc4[N+](=O)[O-])CC3)nc12. The van der Waals surface area contributed by atoms with Crippen LogP contribution in [0.15, 0.2) is 30.3 Å². The first-order valence-corrected chi connectivity index (χ1v) is 10.6. The van der Waals surface area contributed by atoms with Crippen LogP contribution in [0.3, 0.4) is 0 Å². The van der Waals surface area contributed by atoms with Gasteiger partial charge in [-0.2, -0.15) is 0 Å². The summed E-state index contributed by atoms with van der Waals surface area (Å²) in [5, 5.41) is 13.0. The second-order valence-electron chi connectivity index (χ2n) is 6.62. The van der Waals surface area contributed by atoms with Gasteiger partial charge in [0.25, 0.3) is 11.6 Å². The summed E-state index contributed by atoms with van der Waals surface area (Å²) < 4.78 is 6.22. The van der Waals surface area contributed by atoms with E-state index in [2.05, 4.69) is 9.88 Å². The van der Waals surface area contributed by atoms with Crippen molar-refractivity contribution in [2.24, 2.45) is 0 Å². The van der Waals surface area contributed by atoms with Crippen molar-refractivity contribution in [3.05, 3.63) is 56.1 Å². The molecule has 0 spiro atoms. The van der Waals surface area contributed by atoms with Gasteiger partial charge in [-0.3, -0.25) is 14.9 Å². The van der Waals surface area contributed by atoms with Crippen molar-refractivity contribution in [3.63, 3.8) is 0 Å². The summed E-state index contributed by atoms with van der Waals surface area (Å²) in [6.07, 6.45) is 0. The molecule has 2 heterocycles. The molecule has 0 unspecified atom stereocenters. The van der Waals surface area contributed by atoms with E-state index in [4.69, 9.17) is 27.9 Å². The van der Waals surface area contributed by atoms with E-state index in [1.54, 1.807) is 24.1 Å². The molecule has 0 bridgehead atoms. The van der Waals surface area contributed by atoms with Gasteiger partial charge >= 0.3 is 0 Å². The topological polar surface area (TPSA) is 88.8 Å². The third-order valence-electron chi connectivity index (χ3n) is 4.89. The van der Waals surface area contributed by atoms with E-state index in [1.165, 1.54) is 29.5 Å². The number of nitrogens with zero attached hydrogens (tertiary/aromatic N) is 4. The van der Waals surface area contributed by atoms with Gasteiger partial charge in [-0.05, 0) is 24.3 Å². The smallest absolute Gasteiger partial charge is 0.282 e. The molecule has 0 radical (unpaired) electrons. The summed E-state index contributed by atoms with van der Waals surface area (Å²) in [5.41, 5.74) is 0.454. The molecule has 0 atom stereocenters. The predicted molar refractivity (Wildman–Crippen MR) is 117 cm³/mol. The number of anilines is 1. The highest BCUT2D eigenvalue weighted by atomic mass is 35.5. The highest BCUT2D eigenvalue weighted by molar-refractivity contribution is 7.22. The maximum Gasteiger partial charge on any atom is 0.282 e. The number of amides is 1. The fourth-order valence-electron chi connectivity index (χ4n) is 3.35. The minimum atomic E-state index is -0.571. The average Bonchev–Trinajstić information content (AvgIpc) is 3.20. The van der Waals surface area contributed by atoms with Gasteiger partial charge in [0.2, 0.25) is 0 Å². The minimum Gasteiger partial charge on any atom is -0.494 e. The van der Waals surface area contributed by atoms with Crippen LogP contribution in [0, 0.1) is 10.1 Å². The standard InChI is InChI=1S/C19H16Cl2N4O4S/c1-29-15-5-3-13(21)17-16(15)22-19(30-17)24-8-6-23(7-9-24)18(26)12-10-11(20)2-4-14(12)25(27)28/h2-5,10H,6-9H2,1H3. The van der Waals surface area contributed by atoms with Crippen molar-refractivity contribution in [1.82, 2.24) is 9.88 Å². The lowest BCUT2D eigenvalue weighted by Crippen LogP contribution is -2.48. The normalized spacial score (nSPS) is 14.2. The summed E-state index contributed by atoms with van der Waals surface area (Å²) in [6, 6.07) is 7.56. The van der Waals surface area contributed by atoms with E-state index in [-0.39, 0.29) is 16.3 Å². The van der Waals surface area contributed by atoms with Crippen LogP contribution >= 0.6 is 34.5 Å². The molecule has 156 valence electrons. The van der Waals surface area contributed by atoms with Gasteiger partial charge in [-0.15, -0.1) is 0 Å². The number of nitro benzene ring substituents is 1. The Kier molecular flexibility index (Phi) is 5.68. The summed E-state index contributed by atoms with van der Waals surface area (Å²) in [7, 11) is 1.58. The molecule has 1 aromatic heterocycles. The van der Waals surface area contributed by atoms with E-state index in [1.807, 2.05) is 0 Å². The molecule has 2 aromatic carbocycles. The van der Waals surface area contributed by atoms with Gasteiger partial charge in [-0.1, -0.05) is 34.5 Å². The molecular weight excluding hydrogens is 451 g/mol. The number of methoxy groups -OCH3 is 1. The fourth-order valence-corrected chi connectivity index (χ4v) is 4.83. The zero-order valence-electron chi connectivity index (χ0n) is 15.8. The van der Waals surface area contributed by atoms with Gasteiger partial charge < -0.3 is 14.5 Å². The lowest BCUT2D eigenvalue weighted by molar-refractivity contribution is -0.385. The van der Waals surface area contributed by atoms with Crippen molar-refractivity contribution in [2.75, 3.05) is 38.2 Å². The first-order chi connectivity index (χ1) is 14.4. The van der Waals surface area contributed by atoms with Gasteiger partial charge in [0.05, 0.1) is 21.8 Å². The van der Waals surface area contributed by atoms with Crippen LogP contribution < -0.4 is 9.64 Å². The molecule has 0 saturated carbocycles. The van der Waals surface area contributed by atoms with Gasteiger partial charge in [-0.25, -0.2) is 4.98 Å². The Morgan fingerprint density at radius 3 is 2.60 bits per heavy atom. The maximum absolute atomic E-state index is 12.9. The van der Waals surface area contributed by atoms with Crippen LogP contribution in [-0.2, 0) is 0 Å². The molecule has 0 aliphatic carbocycles. The van der Waals surface area contributed by atoms with Crippen molar-refractivity contribution < 1.29 is 14.5 Å². The lowest BCUT2D eigenvalue weighted by atomic mass is 10.1. The molecule has 4 rings (SSSR count). The van der Waals surface area contributed by atoms with Crippen LogP contribution in [0.5, 0.6) is 5.75 Å². The number of aromatic nitrogens is 1. The van der Waals surface area contributed by atoms with E-state index in [0.717, 1.165) is 9.83 Å². The minimum absolute atomic E-state index is 0.00236. The Morgan fingerprint density at radius 1 is 1.20 bits per heavy atom. The van der Waals surface area contributed by atoms with E-state index in [9.17, 15) is 14.9 Å². The summed E-state index contributed by atoms with van der Waals surface area (Å²) in [5.74, 6) is 0.247. The highest BCUT2D eigenvalue weighted by Crippen LogP contribution is 2.39. The fraction of sp³-hybridized carbons (Fsp3) is 0.263. The number of carbonyl (C=O) groups is 1. The number of thiazole rings is 1. The number of carbonyl (C=O) groups excluding carboxylic acids is 1. The predicted octanol–water partition coefficient (Wildman–Crippen LogP) is 4.48. The second kappa shape index (κ2) is 8.25. The number of benzene rings is 2. The number of halogens is 2. The molecule has 1 fully saturated rings. The Labute approximate surface area is 185 Å². The lowest BCUT2D eigenvalue weighted by Gasteiger charge is -2.34. The first kappa shape index (κ1) is 20.6. The largest absolute Gasteiger partial charge is 0.494 e. The third-order valence-corrected chi connectivity index (χ3v) is 6.70. The molecular formula is C19H16Cl2N4O4S. The van der Waals surface area contributed by atoms with Crippen molar-refractivity contribution in [2.45, 2.75) is 0 Å². The average molecular weight is 467 g/mol. The van der Waals surface area contributed by atoms with Crippen molar-refractivity contribution in [3.8, 4) is 5.75 Å². The maximum atomic E-state index is 12.9. The van der Waals surface area contributed by atoms with Crippen LogP contribution in [0.1, 0.15) is 10.4 Å². The molecule has 30 heavy (non-hydrogen) atoms. The summed E-state index contributed by atoms with van der Waals surface area (Å²) >= 11 is 13.7. The molecule has 11 heteroatoms. The zero-order chi connectivity index (χ0) is 21.4. The molecule has 8 nitrogen and oxygen atoms in total. The number of rotatable bonds is 4. The number of hydrogen-bond donors (Lipinski definition) is 0. The quantitative estimate of drug-likeness (QED) is 0.415. The van der Waals surface area contributed by atoms with Crippen LogP contribution in [-0.4, -0.2) is 54.0 Å². The number of ether oxygens (including phenoxy) is 1. The molecule has 0 N–H and O–H groups in total. The van der Waals surface area contributed by atoms with Crippen LogP contribution in [0.25, 0.3) is 10.2 Å². The summed E-state index contributed by atoms with van der Waals surface area (Å²) in [6.45, 7) is 1.90. The highest BCUT2D eigenvalue weighted by Gasteiger charge is 2.29. The van der Waals surface area contributed by atoms with Gasteiger partial charge in [0, 0.05) is 37.3 Å². The van der Waals surface area contributed by atoms with Gasteiger partial charge in [0.1, 0.15) is 16.8 Å². The molecule has 1 aliphatic heterocycles. The van der Waals surface area contributed by atoms with Gasteiger partial charge in [0.15, 0.2) is 5.13 Å². The number of nitro groups is 1. The van der Waals surface area contributed by atoms with E-state index in [0.29, 0.717) is 42.5 Å². The number of piperazine rings is 1. The summed E-state index contributed by atoms with van der Waals surface area (Å²) in [4.78, 5) is 31.9. The molecule has 1 amide bonds. The molecule has 1 saturated heterocycles. The zero-order valence-corrected chi connectivity index (χ0v) is 18.1. The van der Waals surface area contributed by atoms with E-state index >= 15 is 0 Å². The Balaban J connectivity index is 1.53. The van der Waals surface area contributed by atoms with Crippen LogP contribution in [0.4, 0.5) is 10.8 Å². The molecule has 3 aromatic rings. The number of fused-ring (bicyclic) bond motifs is 1. The number of hydrogen-bond acceptors (Lipinski definition) is 7. The monoisotopic (exact) mass is 466 g/mol. The van der Waals surface area contributed by atoms with Crippen LogP contribution in [0.2, 0.25) is 10.0 Å².